The quantitative estimate of drug-likeness (QED) is 0.589. The fourth-order valence-corrected chi connectivity index (χ4v) is 2.20. The van der Waals surface area contributed by atoms with Crippen LogP contribution in [0.25, 0.3) is 6.08 Å². The van der Waals surface area contributed by atoms with Crippen LogP contribution in [0.15, 0.2) is 57.6 Å². The summed E-state index contributed by atoms with van der Waals surface area (Å²) in [5.41, 5.74) is 0.733. The van der Waals surface area contributed by atoms with Crippen molar-refractivity contribution >= 4 is 39.6 Å². The molecule has 0 fully saturated rings. The van der Waals surface area contributed by atoms with Crippen molar-refractivity contribution in [1.29, 1.82) is 0 Å². The number of furan rings is 1. The van der Waals surface area contributed by atoms with Crippen LogP contribution in [0, 0.1) is 0 Å². The van der Waals surface area contributed by atoms with E-state index in [1.54, 1.807) is 31.3 Å². The number of rotatable bonds is 5. The minimum Gasteiger partial charge on any atom is -0.450 e. The predicted molar refractivity (Wildman–Crippen MR) is 90.8 cm³/mol. The van der Waals surface area contributed by atoms with Gasteiger partial charge in [0.25, 0.3) is 5.91 Å². The van der Waals surface area contributed by atoms with Gasteiger partial charge in [-0.05, 0) is 53.2 Å². The molecule has 23 heavy (non-hydrogen) atoms. The lowest BCUT2D eigenvalue weighted by Crippen LogP contribution is -2.37. The summed E-state index contributed by atoms with van der Waals surface area (Å²) in [6.07, 6.45) is 1.81. The molecule has 6 heteroatoms. The summed E-state index contributed by atoms with van der Waals surface area (Å²) in [7, 11) is 1.64. The summed E-state index contributed by atoms with van der Waals surface area (Å²) in [4.78, 5) is 25.5. The number of esters is 1. The normalized spacial score (nSPS) is 12.1. The molecule has 5 nitrogen and oxygen atoms in total. The molecule has 0 saturated heterocycles. The van der Waals surface area contributed by atoms with Gasteiger partial charge in [-0.15, -0.1) is 0 Å². The molecular formula is C17H16BrNO4. The van der Waals surface area contributed by atoms with Crippen molar-refractivity contribution in [3.8, 4) is 0 Å². The number of carbonyl (C=O) groups excluding carboxylic acids is 2. The molecule has 2 aromatic rings. The Labute approximate surface area is 142 Å². The van der Waals surface area contributed by atoms with Crippen molar-refractivity contribution in [2.24, 2.45) is 0 Å². The lowest BCUT2D eigenvalue weighted by Gasteiger charge is -2.21. The number of para-hydroxylation sites is 1. The van der Waals surface area contributed by atoms with Crippen LogP contribution in [0.1, 0.15) is 12.7 Å². The molecule has 0 N–H and O–H groups in total. The van der Waals surface area contributed by atoms with Crippen LogP contribution in [0.3, 0.4) is 0 Å². The molecule has 1 heterocycles. The van der Waals surface area contributed by atoms with Gasteiger partial charge in [-0.1, -0.05) is 18.2 Å². The minimum absolute atomic E-state index is 0.307. The van der Waals surface area contributed by atoms with Crippen molar-refractivity contribution in [2.75, 3.05) is 11.9 Å². The van der Waals surface area contributed by atoms with Crippen molar-refractivity contribution in [3.05, 3.63) is 59.0 Å². The van der Waals surface area contributed by atoms with Gasteiger partial charge in [0, 0.05) is 18.8 Å². The van der Waals surface area contributed by atoms with Crippen LogP contribution in [0.5, 0.6) is 0 Å². The van der Waals surface area contributed by atoms with Crippen LogP contribution < -0.4 is 4.90 Å². The standard InChI is InChI=1S/C17H16BrNO4/c1-12(17(21)19(2)13-6-4-3-5-7-13)22-16(20)11-9-14-8-10-15(18)23-14/h3-12H,1-2H3/b11-9+/t12-/m1/s1. The largest absolute Gasteiger partial charge is 0.450 e. The average Bonchev–Trinajstić information content (AvgIpc) is 2.97. The van der Waals surface area contributed by atoms with E-state index in [0.29, 0.717) is 10.4 Å². The molecular weight excluding hydrogens is 362 g/mol. The summed E-state index contributed by atoms with van der Waals surface area (Å²) in [5.74, 6) is -0.410. The number of carbonyl (C=O) groups is 2. The number of hydrogen-bond acceptors (Lipinski definition) is 4. The first kappa shape index (κ1) is 17.0. The van der Waals surface area contributed by atoms with Crippen LogP contribution in [0.4, 0.5) is 5.69 Å². The van der Waals surface area contributed by atoms with Gasteiger partial charge in [0.05, 0.1) is 0 Å². The maximum absolute atomic E-state index is 12.3. The van der Waals surface area contributed by atoms with Crippen LogP contribution in [-0.4, -0.2) is 25.0 Å². The number of nitrogens with zero attached hydrogens (tertiary/aromatic N) is 1. The molecule has 0 aliphatic rings. The summed E-state index contributed by atoms with van der Waals surface area (Å²) in [6, 6.07) is 12.6. The molecule has 120 valence electrons. The second-order valence-corrected chi connectivity index (χ2v) is 5.57. The zero-order chi connectivity index (χ0) is 16.8. The fraction of sp³-hybridized carbons (Fsp3) is 0.176. The number of halogens is 1. The minimum atomic E-state index is -0.888. The number of anilines is 1. The summed E-state index contributed by atoms with van der Waals surface area (Å²) >= 11 is 3.17. The highest BCUT2D eigenvalue weighted by Crippen LogP contribution is 2.16. The maximum atomic E-state index is 12.3. The van der Waals surface area contributed by atoms with E-state index in [1.165, 1.54) is 24.0 Å². The highest BCUT2D eigenvalue weighted by molar-refractivity contribution is 9.10. The van der Waals surface area contributed by atoms with E-state index in [0.717, 1.165) is 5.69 Å². The van der Waals surface area contributed by atoms with Crippen molar-refractivity contribution in [1.82, 2.24) is 0 Å². The molecule has 2 rings (SSSR count). The number of ether oxygens (including phenoxy) is 1. The maximum Gasteiger partial charge on any atom is 0.331 e. The highest BCUT2D eigenvalue weighted by Gasteiger charge is 2.21. The van der Waals surface area contributed by atoms with Gasteiger partial charge in [-0.2, -0.15) is 0 Å². The van der Waals surface area contributed by atoms with E-state index >= 15 is 0 Å². The average molecular weight is 378 g/mol. The van der Waals surface area contributed by atoms with Gasteiger partial charge in [-0.3, -0.25) is 4.79 Å². The molecule has 1 aromatic carbocycles. The third-order valence-corrected chi connectivity index (χ3v) is 3.52. The number of amides is 1. The van der Waals surface area contributed by atoms with E-state index in [-0.39, 0.29) is 5.91 Å². The Morgan fingerprint density at radius 3 is 2.52 bits per heavy atom. The topological polar surface area (TPSA) is 59.8 Å². The van der Waals surface area contributed by atoms with Crippen LogP contribution >= 0.6 is 15.9 Å². The second kappa shape index (κ2) is 7.78. The molecule has 1 atom stereocenters. The van der Waals surface area contributed by atoms with E-state index in [1.807, 2.05) is 18.2 Å². The fourth-order valence-electron chi connectivity index (χ4n) is 1.88. The van der Waals surface area contributed by atoms with Crippen LogP contribution in [-0.2, 0) is 14.3 Å². The van der Waals surface area contributed by atoms with E-state index in [9.17, 15) is 9.59 Å². The SMILES string of the molecule is C[C@@H](OC(=O)/C=C/c1ccc(Br)o1)C(=O)N(C)c1ccccc1. The molecule has 0 bridgehead atoms. The van der Waals surface area contributed by atoms with E-state index in [2.05, 4.69) is 15.9 Å². The predicted octanol–water partition coefficient (Wildman–Crippen LogP) is 3.65. The molecule has 1 amide bonds. The lowest BCUT2D eigenvalue weighted by molar-refractivity contribution is -0.148. The Morgan fingerprint density at radius 1 is 1.22 bits per heavy atom. The monoisotopic (exact) mass is 377 g/mol. The zero-order valence-electron chi connectivity index (χ0n) is 12.7. The molecule has 0 saturated carbocycles. The van der Waals surface area contributed by atoms with Crippen molar-refractivity contribution < 1.29 is 18.7 Å². The summed E-state index contributed by atoms with van der Waals surface area (Å²) in [6.45, 7) is 1.54. The number of hydrogen-bond donors (Lipinski definition) is 0. The Hall–Kier alpha value is -2.34. The Bertz CT molecular complexity index is 708. The van der Waals surface area contributed by atoms with Crippen molar-refractivity contribution in [2.45, 2.75) is 13.0 Å². The van der Waals surface area contributed by atoms with E-state index in [4.69, 9.17) is 9.15 Å². The third kappa shape index (κ3) is 4.82. The zero-order valence-corrected chi connectivity index (χ0v) is 14.3. The van der Waals surface area contributed by atoms with Gasteiger partial charge >= 0.3 is 5.97 Å². The lowest BCUT2D eigenvalue weighted by atomic mass is 10.2. The number of benzene rings is 1. The Kier molecular flexibility index (Phi) is 5.76. The molecule has 0 aliphatic carbocycles. The second-order valence-electron chi connectivity index (χ2n) is 4.79. The summed E-state index contributed by atoms with van der Waals surface area (Å²) < 4.78 is 10.9. The van der Waals surface area contributed by atoms with Crippen molar-refractivity contribution in [3.63, 3.8) is 0 Å². The Balaban J connectivity index is 1.92. The van der Waals surface area contributed by atoms with Gasteiger partial charge in [-0.25, -0.2) is 4.79 Å². The first-order valence-corrected chi connectivity index (χ1v) is 7.73. The molecule has 0 radical (unpaired) electrons. The van der Waals surface area contributed by atoms with Crippen LogP contribution in [0.2, 0.25) is 0 Å². The molecule has 0 spiro atoms. The molecule has 0 aliphatic heterocycles. The van der Waals surface area contributed by atoms with Gasteiger partial charge in [0.1, 0.15) is 5.76 Å². The molecule has 1 aromatic heterocycles. The Morgan fingerprint density at radius 2 is 1.91 bits per heavy atom. The summed E-state index contributed by atoms with van der Waals surface area (Å²) in [5, 5.41) is 0. The number of likely N-dealkylation sites (N-methyl/N-ethyl adjacent to an activating group) is 1. The van der Waals surface area contributed by atoms with Gasteiger partial charge in [0.15, 0.2) is 10.8 Å². The first-order valence-electron chi connectivity index (χ1n) is 6.94. The molecule has 0 unspecified atom stereocenters. The van der Waals surface area contributed by atoms with E-state index < -0.39 is 12.1 Å². The highest BCUT2D eigenvalue weighted by atomic mass is 79.9. The van der Waals surface area contributed by atoms with Gasteiger partial charge < -0.3 is 14.1 Å². The third-order valence-electron chi connectivity index (χ3n) is 3.09. The first-order chi connectivity index (χ1) is 11.0. The smallest absolute Gasteiger partial charge is 0.331 e. The van der Waals surface area contributed by atoms with Gasteiger partial charge in [0.2, 0.25) is 0 Å².